The van der Waals surface area contributed by atoms with Crippen LogP contribution in [0.4, 0.5) is 23.1 Å². The molecule has 5 nitrogen and oxygen atoms in total. The molecule has 6 heteroatoms. The van der Waals surface area contributed by atoms with Gasteiger partial charge in [-0.1, -0.05) is 29.8 Å². The fourth-order valence-electron chi connectivity index (χ4n) is 2.12. The van der Waals surface area contributed by atoms with E-state index < -0.39 is 0 Å². The molecule has 0 saturated heterocycles. The van der Waals surface area contributed by atoms with Crippen LogP contribution in [0.5, 0.6) is 0 Å². The summed E-state index contributed by atoms with van der Waals surface area (Å²) in [4.78, 5) is 4.42. The van der Waals surface area contributed by atoms with E-state index in [0.29, 0.717) is 16.8 Å². The molecule has 0 atom stereocenters. The van der Waals surface area contributed by atoms with E-state index in [4.69, 9.17) is 11.6 Å². The Morgan fingerprint density at radius 1 is 1.00 bits per heavy atom. The lowest BCUT2D eigenvalue weighted by molar-refractivity contribution is 0.982. The third-order valence-electron chi connectivity index (χ3n) is 3.30. The summed E-state index contributed by atoms with van der Waals surface area (Å²) in [5.74, 6) is 1.03. The van der Waals surface area contributed by atoms with Crippen LogP contribution in [0.3, 0.4) is 0 Å². The zero-order valence-electron chi connectivity index (χ0n) is 12.8. The van der Waals surface area contributed by atoms with Gasteiger partial charge in [-0.2, -0.15) is 10.1 Å². The summed E-state index contributed by atoms with van der Waals surface area (Å²) in [6.07, 6.45) is 1.59. The first-order valence-corrected chi connectivity index (χ1v) is 7.54. The second-order valence-corrected chi connectivity index (χ2v) is 5.68. The van der Waals surface area contributed by atoms with E-state index in [-0.39, 0.29) is 0 Å². The predicted molar refractivity (Wildman–Crippen MR) is 93.8 cm³/mol. The van der Waals surface area contributed by atoms with Gasteiger partial charge in [0, 0.05) is 16.4 Å². The van der Waals surface area contributed by atoms with Crippen LogP contribution >= 0.6 is 11.6 Å². The number of aryl methyl sites for hydroxylation is 2. The normalized spacial score (nSPS) is 10.4. The monoisotopic (exact) mass is 325 g/mol. The Bertz CT molecular complexity index is 835. The molecular weight excluding hydrogens is 310 g/mol. The van der Waals surface area contributed by atoms with Gasteiger partial charge < -0.3 is 10.6 Å². The average molecular weight is 326 g/mol. The van der Waals surface area contributed by atoms with Crippen molar-refractivity contribution >= 4 is 34.7 Å². The molecular formula is C17H16ClN5. The molecule has 0 aliphatic rings. The maximum Gasteiger partial charge on any atom is 0.249 e. The van der Waals surface area contributed by atoms with Crippen molar-refractivity contribution in [2.45, 2.75) is 13.8 Å². The van der Waals surface area contributed by atoms with Crippen molar-refractivity contribution in [2.75, 3.05) is 10.6 Å². The van der Waals surface area contributed by atoms with E-state index in [1.54, 1.807) is 12.3 Å². The Morgan fingerprint density at radius 2 is 1.87 bits per heavy atom. The topological polar surface area (TPSA) is 62.7 Å². The number of halogens is 1. The molecule has 0 radical (unpaired) electrons. The molecule has 0 unspecified atom stereocenters. The Kier molecular flexibility index (Phi) is 4.39. The number of rotatable bonds is 4. The molecule has 3 rings (SSSR count). The SMILES string of the molecule is Cc1ccc(C)c(Nc2cnnc(Nc3cccc(Cl)c3)n2)c1. The van der Waals surface area contributed by atoms with Crippen molar-refractivity contribution in [2.24, 2.45) is 0 Å². The average Bonchev–Trinajstić information content (AvgIpc) is 2.51. The first-order valence-electron chi connectivity index (χ1n) is 7.17. The van der Waals surface area contributed by atoms with Crippen molar-refractivity contribution in [1.29, 1.82) is 0 Å². The lowest BCUT2D eigenvalue weighted by Crippen LogP contribution is -2.03. The van der Waals surface area contributed by atoms with E-state index in [0.717, 1.165) is 16.9 Å². The first kappa shape index (κ1) is 15.2. The molecule has 0 aliphatic heterocycles. The van der Waals surface area contributed by atoms with E-state index >= 15 is 0 Å². The van der Waals surface area contributed by atoms with E-state index in [9.17, 15) is 0 Å². The van der Waals surface area contributed by atoms with Gasteiger partial charge in [0.25, 0.3) is 0 Å². The second-order valence-electron chi connectivity index (χ2n) is 5.24. The van der Waals surface area contributed by atoms with Crippen LogP contribution in [-0.4, -0.2) is 15.2 Å². The highest BCUT2D eigenvalue weighted by molar-refractivity contribution is 6.30. The van der Waals surface area contributed by atoms with Crippen LogP contribution in [0, 0.1) is 13.8 Å². The van der Waals surface area contributed by atoms with Gasteiger partial charge in [0.1, 0.15) is 0 Å². The lowest BCUT2D eigenvalue weighted by Gasteiger charge is -2.10. The third-order valence-corrected chi connectivity index (χ3v) is 3.53. The van der Waals surface area contributed by atoms with Crippen molar-refractivity contribution < 1.29 is 0 Å². The Balaban J connectivity index is 1.81. The standard InChI is InChI=1S/C17H16ClN5/c1-11-6-7-12(2)15(8-11)21-16-10-19-23-17(22-16)20-14-5-3-4-13(18)9-14/h3-10H,1-2H3,(H2,20,21,22,23). The zero-order chi connectivity index (χ0) is 16.2. The van der Waals surface area contributed by atoms with Crippen LogP contribution < -0.4 is 10.6 Å². The summed E-state index contributed by atoms with van der Waals surface area (Å²) in [6, 6.07) is 13.6. The molecule has 116 valence electrons. The van der Waals surface area contributed by atoms with Crippen LogP contribution in [0.15, 0.2) is 48.7 Å². The molecule has 0 saturated carbocycles. The van der Waals surface area contributed by atoms with Crippen molar-refractivity contribution in [3.05, 3.63) is 64.8 Å². The lowest BCUT2D eigenvalue weighted by atomic mass is 10.1. The summed E-state index contributed by atoms with van der Waals surface area (Å²) in [7, 11) is 0. The minimum atomic E-state index is 0.405. The van der Waals surface area contributed by atoms with Gasteiger partial charge in [0.15, 0.2) is 5.82 Å². The Labute approximate surface area is 139 Å². The number of nitrogens with one attached hydrogen (secondary N) is 2. The van der Waals surface area contributed by atoms with Crippen molar-refractivity contribution in [1.82, 2.24) is 15.2 Å². The number of hydrogen-bond donors (Lipinski definition) is 2. The van der Waals surface area contributed by atoms with Gasteiger partial charge in [-0.15, -0.1) is 5.10 Å². The molecule has 1 heterocycles. The minimum Gasteiger partial charge on any atom is -0.339 e. The molecule has 3 aromatic rings. The number of nitrogens with zero attached hydrogens (tertiary/aromatic N) is 3. The van der Waals surface area contributed by atoms with E-state index in [2.05, 4.69) is 50.9 Å². The fourth-order valence-corrected chi connectivity index (χ4v) is 2.31. The molecule has 1 aromatic heterocycles. The number of hydrogen-bond acceptors (Lipinski definition) is 5. The van der Waals surface area contributed by atoms with Crippen LogP contribution in [0.2, 0.25) is 5.02 Å². The molecule has 0 bridgehead atoms. The smallest absolute Gasteiger partial charge is 0.249 e. The Morgan fingerprint density at radius 3 is 2.70 bits per heavy atom. The van der Waals surface area contributed by atoms with E-state index in [1.807, 2.05) is 25.1 Å². The number of anilines is 4. The molecule has 0 amide bonds. The van der Waals surface area contributed by atoms with Gasteiger partial charge in [0.05, 0.1) is 6.20 Å². The highest BCUT2D eigenvalue weighted by Crippen LogP contribution is 2.22. The summed E-state index contributed by atoms with van der Waals surface area (Å²) < 4.78 is 0. The Hall–Kier alpha value is -2.66. The highest BCUT2D eigenvalue weighted by atomic mass is 35.5. The molecule has 0 spiro atoms. The summed E-state index contributed by atoms with van der Waals surface area (Å²) in [5, 5.41) is 15.0. The molecule has 23 heavy (non-hydrogen) atoms. The molecule has 0 aliphatic carbocycles. The summed E-state index contributed by atoms with van der Waals surface area (Å²) in [6.45, 7) is 4.09. The van der Waals surface area contributed by atoms with Crippen molar-refractivity contribution in [3.8, 4) is 0 Å². The van der Waals surface area contributed by atoms with Crippen LogP contribution in [0.25, 0.3) is 0 Å². The van der Waals surface area contributed by atoms with Gasteiger partial charge in [-0.25, -0.2) is 0 Å². The van der Waals surface area contributed by atoms with Gasteiger partial charge in [-0.3, -0.25) is 0 Å². The molecule has 0 fully saturated rings. The van der Waals surface area contributed by atoms with Gasteiger partial charge >= 0.3 is 0 Å². The zero-order valence-corrected chi connectivity index (χ0v) is 13.6. The van der Waals surface area contributed by atoms with Crippen LogP contribution in [-0.2, 0) is 0 Å². The maximum absolute atomic E-state index is 5.97. The number of benzene rings is 2. The van der Waals surface area contributed by atoms with Crippen molar-refractivity contribution in [3.63, 3.8) is 0 Å². The van der Waals surface area contributed by atoms with E-state index in [1.165, 1.54) is 5.56 Å². The first-order chi connectivity index (χ1) is 11.1. The fraction of sp³-hybridized carbons (Fsp3) is 0.118. The highest BCUT2D eigenvalue weighted by Gasteiger charge is 2.04. The molecule has 2 N–H and O–H groups in total. The second kappa shape index (κ2) is 6.62. The largest absolute Gasteiger partial charge is 0.339 e. The number of aromatic nitrogens is 3. The van der Waals surface area contributed by atoms with Gasteiger partial charge in [0.2, 0.25) is 5.95 Å². The van der Waals surface area contributed by atoms with Gasteiger partial charge in [-0.05, 0) is 49.2 Å². The third kappa shape index (κ3) is 3.96. The maximum atomic E-state index is 5.97. The summed E-state index contributed by atoms with van der Waals surface area (Å²) in [5.41, 5.74) is 4.12. The quantitative estimate of drug-likeness (QED) is 0.732. The predicted octanol–water partition coefficient (Wildman–Crippen LogP) is 4.63. The van der Waals surface area contributed by atoms with Crippen LogP contribution in [0.1, 0.15) is 11.1 Å². The summed E-state index contributed by atoms with van der Waals surface area (Å²) >= 11 is 5.97. The minimum absolute atomic E-state index is 0.405. The molecule has 2 aromatic carbocycles.